The Bertz CT molecular complexity index is 524. The zero-order valence-electron chi connectivity index (χ0n) is 11.4. The van der Waals surface area contributed by atoms with Crippen molar-refractivity contribution >= 4 is 9.84 Å². The fourth-order valence-electron chi connectivity index (χ4n) is 1.75. The van der Waals surface area contributed by atoms with E-state index >= 15 is 0 Å². The van der Waals surface area contributed by atoms with Gasteiger partial charge in [0.2, 0.25) is 0 Å². The van der Waals surface area contributed by atoms with Crippen LogP contribution in [0, 0.1) is 11.6 Å². The summed E-state index contributed by atoms with van der Waals surface area (Å²) >= 11 is 0. The van der Waals surface area contributed by atoms with Crippen LogP contribution in [0.2, 0.25) is 0 Å². The summed E-state index contributed by atoms with van der Waals surface area (Å²) in [6.07, 6.45) is 0.859. The molecule has 0 aliphatic heterocycles. The molecule has 0 unspecified atom stereocenters. The smallest absolute Gasteiger partial charge is 0.190 e. The second-order valence-corrected chi connectivity index (χ2v) is 6.73. The summed E-state index contributed by atoms with van der Waals surface area (Å²) in [7, 11) is -3.23. The highest BCUT2D eigenvalue weighted by Gasteiger charge is 2.15. The Kier molecular flexibility index (Phi) is 6.35. The maximum absolute atomic E-state index is 13.6. The predicted molar refractivity (Wildman–Crippen MR) is 73.6 cm³/mol. The minimum Gasteiger partial charge on any atom is -0.487 e. The maximum Gasteiger partial charge on any atom is 0.190 e. The summed E-state index contributed by atoms with van der Waals surface area (Å²) in [6, 6.07) is 2.29. The molecule has 0 amide bonds. The van der Waals surface area contributed by atoms with Crippen molar-refractivity contribution in [1.82, 2.24) is 0 Å². The van der Waals surface area contributed by atoms with Crippen LogP contribution in [0.4, 0.5) is 8.78 Å². The van der Waals surface area contributed by atoms with E-state index in [1.807, 2.05) is 0 Å². The Hall–Kier alpha value is -1.21. The first-order valence-corrected chi connectivity index (χ1v) is 8.23. The number of hydrogen-bond donors (Lipinski definition) is 1. The second-order valence-electron chi connectivity index (χ2n) is 4.43. The van der Waals surface area contributed by atoms with E-state index in [4.69, 9.17) is 10.5 Å². The minimum absolute atomic E-state index is 0.0385. The lowest BCUT2D eigenvalue weighted by molar-refractivity contribution is 0.303. The number of sulfone groups is 1. The van der Waals surface area contributed by atoms with Crippen LogP contribution in [-0.4, -0.2) is 33.1 Å². The first-order chi connectivity index (χ1) is 9.39. The van der Waals surface area contributed by atoms with E-state index in [9.17, 15) is 17.2 Å². The Morgan fingerprint density at radius 2 is 1.80 bits per heavy atom. The van der Waals surface area contributed by atoms with Crippen molar-refractivity contribution < 1.29 is 21.9 Å². The molecule has 114 valence electrons. The van der Waals surface area contributed by atoms with Gasteiger partial charge in [-0.2, -0.15) is 0 Å². The van der Waals surface area contributed by atoms with Gasteiger partial charge in [0.15, 0.2) is 27.2 Å². The second kappa shape index (κ2) is 7.54. The van der Waals surface area contributed by atoms with Crippen molar-refractivity contribution in [3.05, 3.63) is 29.3 Å². The predicted octanol–water partition coefficient (Wildman–Crippen LogP) is 1.67. The fraction of sp³-hybridized carbons (Fsp3) is 0.538. The monoisotopic (exact) mass is 307 g/mol. The average molecular weight is 307 g/mol. The molecular weight excluding hydrogens is 288 g/mol. The van der Waals surface area contributed by atoms with Gasteiger partial charge in [-0.1, -0.05) is 6.92 Å². The van der Waals surface area contributed by atoms with Crippen LogP contribution in [-0.2, 0) is 16.3 Å². The van der Waals surface area contributed by atoms with Gasteiger partial charge < -0.3 is 10.5 Å². The quantitative estimate of drug-likeness (QED) is 0.793. The lowest BCUT2D eigenvalue weighted by Crippen LogP contribution is -2.17. The molecule has 0 aromatic heterocycles. The van der Waals surface area contributed by atoms with Gasteiger partial charge in [-0.15, -0.1) is 0 Å². The van der Waals surface area contributed by atoms with Crippen molar-refractivity contribution in [2.45, 2.75) is 19.8 Å². The zero-order chi connectivity index (χ0) is 15.2. The van der Waals surface area contributed by atoms with E-state index < -0.39 is 27.2 Å². The van der Waals surface area contributed by atoms with Crippen molar-refractivity contribution in [3.8, 4) is 5.75 Å². The molecule has 20 heavy (non-hydrogen) atoms. The van der Waals surface area contributed by atoms with Gasteiger partial charge in [0.25, 0.3) is 0 Å². The Morgan fingerprint density at radius 1 is 1.20 bits per heavy atom. The third-order valence-corrected chi connectivity index (χ3v) is 4.47. The lowest BCUT2D eigenvalue weighted by Gasteiger charge is -2.10. The molecule has 0 fully saturated rings. The number of halogens is 2. The molecular formula is C13H19F2NO3S. The van der Waals surface area contributed by atoms with E-state index in [2.05, 4.69) is 0 Å². The first-order valence-electron chi connectivity index (χ1n) is 6.41. The summed E-state index contributed by atoms with van der Waals surface area (Å²) in [6.45, 7) is 1.76. The molecule has 1 aromatic carbocycles. The van der Waals surface area contributed by atoms with Crippen LogP contribution < -0.4 is 10.5 Å². The van der Waals surface area contributed by atoms with Crippen molar-refractivity contribution in [3.63, 3.8) is 0 Å². The van der Waals surface area contributed by atoms with Crippen molar-refractivity contribution in [1.29, 1.82) is 0 Å². The van der Waals surface area contributed by atoms with Crippen LogP contribution in [0.1, 0.15) is 18.9 Å². The number of nitrogens with two attached hydrogens (primary N) is 1. The standard InChI is InChI=1S/C13H19F2NO3S/c1-2-6-20(17,18)7-5-19-13-11(14)8-10(3-4-16)9-12(13)15/h8-9H,2-7,16H2,1H3. The highest BCUT2D eigenvalue weighted by molar-refractivity contribution is 7.91. The summed E-state index contributed by atoms with van der Waals surface area (Å²) in [4.78, 5) is 0. The molecule has 1 rings (SSSR count). The van der Waals surface area contributed by atoms with Gasteiger partial charge in [-0.05, 0) is 37.1 Å². The van der Waals surface area contributed by atoms with Gasteiger partial charge in [-0.25, -0.2) is 17.2 Å². The molecule has 4 nitrogen and oxygen atoms in total. The van der Waals surface area contributed by atoms with Gasteiger partial charge >= 0.3 is 0 Å². The van der Waals surface area contributed by atoms with E-state index in [0.29, 0.717) is 18.4 Å². The molecule has 0 heterocycles. The third kappa shape index (κ3) is 5.05. The third-order valence-electron chi connectivity index (χ3n) is 2.65. The summed E-state index contributed by atoms with van der Waals surface area (Å²) in [5, 5.41) is 0. The SMILES string of the molecule is CCCS(=O)(=O)CCOc1c(F)cc(CCN)cc1F. The first kappa shape index (κ1) is 16.8. The van der Waals surface area contributed by atoms with Crippen molar-refractivity contribution in [2.24, 2.45) is 5.73 Å². The maximum atomic E-state index is 13.6. The molecule has 2 N–H and O–H groups in total. The Labute approximate surface area is 117 Å². The Morgan fingerprint density at radius 3 is 2.30 bits per heavy atom. The van der Waals surface area contributed by atoms with Crippen molar-refractivity contribution in [2.75, 3.05) is 24.7 Å². The number of ether oxygens (including phenoxy) is 1. The van der Waals surface area contributed by atoms with Gasteiger partial charge in [-0.3, -0.25) is 0 Å². The molecule has 0 saturated heterocycles. The van der Waals surface area contributed by atoms with E-state index in [1.165, 1.54) is 0 Å². The number of benzene rings is 1. The molecule has 0 spiro atoms. The van der Waals surface area contributed by atoms with E-state index in [1.54, 1.807) is 6.92 Å². The fourth-order valence-corrected chi connectivity index (χ4v) is 2.91. The molecule has 0 radical (unpaired) electrons. The van der Waals surface area contributed by atoms with Gasteiger partial charge in [0.05, 0.1) is 11.5 Å². The average Bonchev–Trinajstić information content (AvgIpc) is 2.33. The summed E-state index contributed by atoms with van der Waals surface area (Å²) in [5.41, 5.74) is 5.75. The van der Waals surface area contributed by atoms with Crippen LogP contribution in [0.5, 0.6) is 5.75 Å². The van der Waals surface area contributed by atoms with Gasteiger partial charge in [0, 0.05) is 0 Å². The minimum atomic E-state index is -3.23. The van der Waals surface area contributed by atoms with Crippen LogP contribution >= 0.6 is 0 Å². The van der Waals surface area contributed by atoms with Gasteiger partial charge in [0.1, 0.15) is 6.61 Å². The highest BCUT2D eigenvalue weighted by atomic mass is 32.2. The molecule has 0 aliphatic rings. The largest absolute Gasteiger partial charge is 0.487 e. The van der Waals surface area contributed by atoms with E-state index in [0.717, 1.165) is 12.1 Å². The summed E-state index contributed by atoms with van der Waals surface area (Å²) < 4.78 is 55.1. The molecule has 0 aliphatic carbocycles. The molecule has 0 saturated carbocycles. The number of rotatable bonds is 8. The topological polar surface area (TPSA) is 69.4 Å². The molecule has 1 aromatic rings. The normalized spacial score (nSPS) is 11.6. The Balaban J connectivity index is 2.69. The molecule has 7 heteroatoms. The molecule has 0 bridgehead atoms. The summed E-state index contributed by atoms with van der Waals surface area (Å²) in [5.74, 6) is -2.46. The van der Waals surface area contributed by atoms with E-state index in [-0.39, 0.29) is 24.7 Å². The van der Waals surface area contributed by atoms with Crippen LogP contribution in [0.3, 0.4) is 0 Å². The lowest BCUT2D eigenvalue weighted by atomic mass is 10.1. The zero-order valence-corrected chi connectivity index (χ0v) is 12.2. The van der Waals surface area contributed by atoms with Crippen LogP contribution in [0.25, 0.3) is 0 Å². The highest BCUT2D eigenvalue weighted by Crippen LogP contribution is 2.23. The van der Waals surface area contributed by atoms with Crippen LogP contribution in [0.15, 0.2) is 12.1 Å². The number of hydrogen-bond acceptors (Lipinski definition) is 4. The molecule has 0 atom stereocenters.